The molecule has 1 aromatic rings. The molecule has 7 nitrogen and oxygen atoms in total. The van der Waals surface area contributed by atoms with Gasteiger partial charge < -0.3 is 25.3 Å². The van der Waals surface area contributed by atoms with Crippen molar-refractivity contribution in [2.45, 2.75) is 18.5 Å². The van der Waals surface area contributed by atoms with Gasteiger partial charge in [0.15, 0.2) is 0 Å². The Morgan fingerprint density at radius 1 is 1.30 bits per heavy atom. The molecule has 2 atom stereocenters. The molecular weight excluding hydrogens is 300 g/mol. The summed E-state index contributed by atoms with van der Waals surface area (Å²) in [4.78, 5) is 24.1. The van der Waals surface area contributed by atoms with Crippen LogP contribution in [0.25, 0.3) is 0 Å². The summed E-state index contributed by atoms with van der Waals surface area (Å²) in [5.41, 5.74) is 6.76. The van der Waals surface area contributed by atoms with Gasteiger partial charge in [-0.3, -0.25) is 4.79 Å². The summed E-state index contributed by atoms with van der Waals surface area (Å²) in [6.45, 7) is 0.936. The third-order valence-corrected chi connectivity index (χ3v) is 3.88. The van der Waals surface area contributed by atoms with E-state index >= 15 is 0 Å². The lowest BCUT2D eigenvalue weighted by Crippen LogP contribution is -2.55. The van der Waals surface area contributed by atoms with Crippen LogP contribution in [0.1, 0.15) is 5.56 Å². The molecule has 0 unspecified atom stereocenters. The molecule has 1 aliphatic rings. The highest BCUT2D eigenvalue weighted by Gasteiger charge is 2.33. The number of carbonyl (C=O) groups is 2. The van der Waals surface area contributed by atoms with Crippen LogP contribution < -0.4 is 15.8 Å². The van der Waals surface area contributed by atoms with E-state index in [4.69, 9.17) is 19.9 Å². The molecule has 0 aliphatic carbocycles. The molecule has 0 aromatic heterocycles. The van der Waals surface area contributed by atoms with E-state index < -0.39 is 18.1 Å². The Hall–Kier alpha value is -2.12. The normalized spacial score (nSPS) is 16.8. The lowest BCUT2D eigenvalue weighted by Gasteiger charge is -2.31. The van der Waals surface area contributed by atoms with E-state index in [1.54, 1.807) is 19.2 Å². The number of nitrogens with two attached hydrogens (primary N) is 1. The van der Waals surface area contributed by atoms with Crippen LogP contribution in [0.15, 0.2) is 24.3 Å². The molecule has 1 saturated heterocycles. The second-order valence-electron chi connectivity index (χ2n) is 5.46. The van der Waals surface area contributed by atoms with Crippen LogP contribution >= 0.6 is 0 Å². The molecule has 2 rings (SSSR count). The van der Waals surface area contributed by atoms with Gasteiger partial charge in [0, 0.05) is 12.3 Å². The number of carbonyl (C=O) groups excluding carboxylic acids is 2. The predicted octanol–water partition coefficient (Wildman–Crippen LogP) is -0.131. The van der Waals surface area contributed by atoms with Crippen LogP contribution in [0.3, 0.4) is 0 Å². The molecule has 1 fully saturated rings. The smallest absolute Gasteiger partial charge is 0.328 e. The van der Waals surface area contributed by atoms with Gasteiger partial charge in [-0.25, -0.2) is 4.79 Å². The number of hydrogen-bond acceptors (Lipinski definition) is 6. The van der Waals surface area contributed by atoms with Gasteiger partial charge >= 0.3 is 5.97 Å². The number of amides is 1. The number of esters is 1. The maximum Gasteiger partial charge on any atom is 0.328 e. The van der Waals surface area contributed by atoms with E-state index in [-0.39, 0.29) is 11.8 Å². The number of nitrogens with one attached hydrogen (secondary N) is 1. The van der Waals surface area contributed by atoms with Gasteiger partial charge in [0.25, 0.3) is 0 Å². The minimum Gasteiger partial charge on any atom is -0.497 e. The summed E-state index contributed by atoms with van der Waals surface area (Å²) in [7, 11) is 2.87. The van der Waals surface area contributed by atoms with Crippen molar-refractivity contribution >= 4 is 11.9 Å². The van der Waals surface area contributed by atoms with Crippen molar-refractivity contribution in [3.05, 3.63) is 29.8 Å². The van der Waals surface area contributed by atoms with E-state index in [1.807, 2.05) is 12.1 Å². The molecular formula is C16H22N2O5. The summed E-state index contributed by atoms with van der Waals surface area (Å²) < 4.78 is 14.9. The zero-order valence-corrected chi connectivity index (χ0v) is 13.3. The van der Waals surface area contributed by atoms with Crippen LogP contribution in [0.5, 0.6) is 5.75 Å². The second-order valence-corrected chi connectivity index (χ2v) is 5.46. The Kier molecular flexibility index (Phi) is 5.95. The molecule has 0 spiro atoms. The van der Waals surface area contributed by atoms with E-state index in [1.165, 1.54) is 7.11 Å². The maximum absolute atomic E-state index is 12.2. The fourth-order valence-corrected chi connectivity index (χ4v) is 2.28. The fraction of sp³-hybridized carbons (Fsp3) is 0.500. The van der Waals surface area contributed by atoms with Crippen molar-refractivity contribution in [1.82, 2.24) is 5.32 Å². The number of methoxy groups -OCH3 is 2. The van der Waals surface area contributed by atoms with Crippen molar-refractivity contribution in [3.63, 3.8) is 0 Å². The third-order valence-electron chi connectivity index (χ3n) is 3.88. The molecule has 1 amide bonds. The van der Waals surface area contributed by atoms with E-state index in [9.17, 15) is 9.59 Å². The lowest BCUT2D eigenvalue weighted by molar-refractivity contribution is -0.146. The summed E-state index contributed by atoms with van der Waals surface area (Å²) in [6.07, 6.45) is 0.316. The van der Waals surface area contributed by atoms with Gasteiger partial charge in [0.05, 0.1) is 33.5 Å². The molecule has 0 saturated carbocycles. The molecule has 0 bridgehead atoms. The first-order valence-electron chi connectivity index (χ1n) is 7.39. The van der Waals surface area contributed by atoms with Gasteiger partial charge in [-0.05, 0) is 17.7 Å². The van der Waals surface area contributed by atoms with Crippen molar-refractivity contribution in [2.75, 3.05) is 27.4 Å². The Balaban J connectivity index is 2.00. The van der Waals surface area contributed by atoms with Crippen molar-refractivity contribution in [3.8, 4) is 5.75 Å². The van der Waals surface area contributed by atoms with E-state index in [2.05, 4.69) is 5.32 Å². The number of rotatable bonds is 7. The number of benzene rings is 1. The first kappa shape index (κ1) is 17.2. The highest BCUT2D eigenvalue weighted by Crippen LogP contribution is 2.15. The minimum absolute atomic E-state index is 0.00529. The summed E-state index contributed by atoms with van der Waals surface area (Å²) in [5, 5.41) is 2.67. The topological polar surface area (TPSA) is 99.9 Å². The molecule has 126 valence electrons. The van der Waals surface area contributed by atoms with Gasteiger partial charge in [-0.1, -0.05) is 12.1 Å². The Morgan fingerprint density at radius 2 is 1.96 bits per heavy atom. The van der Waals surface area contributed by atoms with Crippen LogP contribution in [0, 0.1) is 5.92 Å². The third kappa shape index (κ3) is 4.43. The zero-order valence-electron chi connectivity index (χ0n) is 13.3. The van der Waals surface area contributed by atoms with Gasteiger partial charge in [-0.2, -0.15) is 0 Å². The van der Waals surface area contributed by atoms with Crippen molar-refractivity contribution in [2.24, 2.45) is 11.7 Å². The minimum atomic E-state index is -0.784. The van der Waals surface area contributed by atoms with Gasteiger partial charge in [-0.15, -0.1) is 0 Å². The average molecular weight is 322 g/mol. The Labute approximate surface area is 135 Å². The maximum atomic E-state index is 12.2. The molecule has 1 heterocycles. The van der Waals surface area contributed by atoms with Crippen LogP contribution in [-0.4, -0.2) is 51.4 Å². The van der Waals surface area contributed by atoms with Gasteiger partial charge in [0.2, 0.25) is 5.91 Å². The van der Waals surface area contributed by atoms with Gasteiger partial charge in [0.1, 0.15) is 11.8 Å². The Bertz CT molecular complexity index is 542. The molecule has 7 heteroatoms. The van der Waals surface area contributed by atoms with E-state index in [0.717, 1.165) is 11.3 Å². The molecule has 0 radical (unpaired) electrons. The summed E-state index contributed by atoms with van der Waals surface area (Å²) in [6, 6.07) is 5.78. The monoisotopic (exact) mass is 322 g/mol. The zero-order chi connectivity index (χ0) is 16.8. The molecule has 23 heavy (non-hydrogen) atoms. The summed E-state index contributed by atoms with van der Waals surface area (Å²) >= 11 is 0. The second kappa shape index (κ2) is 7.94. The first-order chi connectivity index (χ1) is 11.0. The Morgan fingerprint density at radius 3 is 2.43 bits per heavy atom. The van der Waals surface area contributed by atoms with Crippen LogP contribution in [-0.2, 0) is 25.5 Å². The summed E-state index contributed by atoms with van der Waals surface area (Å²) in [5.74, 6) is -0.165. The SMILES string of the molecule is COC(=O)[C@H](Cc1ccc(OC)cc1)NC(=O)[C@@H](N)C1COC1. The van der Waals surface area contributed by atoms with Crippen molar-refractivity contribution < 1.29 is 23.8 Å². The average Bonchev–Trinajstić information content (AvgIpc) is 2.52. The molecule has 3 N–H and O–H groups in total. The largest absolute Gasteiger partial charge is 0.497 e. The lowest BCUT2D eigenvalue weighted by atomic mass is 9.97. The van der Waals surface area contributed by atoms with Crippen LogP contribution in [0.4, 0.5) is 0 Å². The molecule has 1 aromatic carbocycles. The standard InChI is InChI=1S/C16H22N2O5/c1-21-12-5-3-10(4-6-12)7-13(16(20)22-2)18-15(19)14(17)11-8-23-9-11/h3-6,11,13-14H,7-9,17H2,1-2H3,(H,18,19)/t13-,14-/m0/s1. The van der Waals surface area contributed by atoms with E-state index in [0.29, 0.717) is 19.6 Å². The quantitative estimate of drug-likeness (QED) is 0.678. The first-order valence-corrected chi connectivity index (χ1v) is 7.39. The molecule has 1 aliphatic heterocycles. The fourth-order valence-electron chi connectivity index (χ4n) is 2.28. The van der Waals surface area contributed by atoms with Crippen molar-refractivity contribution in [1.29, 1.82) is 0 Å². The predicted molar refractivity (Wildman–Crippen MR) is 82.9 cm³/mol. The van der Waals surface area contributed by atoms with Crippen LogP contribution in [0.2, 0.25) is 0 Å². The number of hydrogen-bond donors (Lipinski definition) is 2. The number of ether oxygens (including phenoxy) is 3. The highest BCUT2D eigenvalue weighted by atomic mass is 16.5. The highest BCUT2D eigenvalue weighted by molar-refractivity contribution is 5.87.